The van der Waals surface area contributed by atoms with Gasteiger partial charge in [-0.25, -0.2) is 0 Å². The predicted octanol–water partition coefficient (Wildman–Crippen LogP) is 2.29. The van der Waals surface area contributed by atoms with E-state index in [1.54, 1.807) is 0 Å². The van der Waals surface area contributed by atoms with Crippen LogP contribution in [0.25, 0.3) is 0 Å². The van der Waals surface area contributed by atoms with E-state index in [4.69, 9.17) is 15.2 Å². The first-order valence-electron chi connectivity index (χ1n) is 6.28. The van der Waals surface area contributed by atoms with Crippen LogP contribution in [0.15, 0.2) is 0 Å². The molecule has 2 fully saturated rings. The lowest BCUT2D eigenvalue weighted by Gasteiger charge is -2.49. The third kappa shape index (κ3) is 2.41. The molecule has 1 atom stereocenters. The number of nitrogens with two attached hydrogens (primary N) is 1. The molecule has 1 heterocycles. The molecule has 1 aliphatic heterocycles. The second-order valence-corrected chi connectivity index (χ2v) is 7.06. The molecule has 1 saturated carbocycles. The Labute approximate surface area is 98.7 Å². The van der Waals surface area contributed by atoms with E-state index in [0.717, 1.165) is 12.8 Å². The molecule has 0 bridgehead atoms. The van der Waals surface area contributed by atoms with E-state index in [2.05, 4.69) is 27.7 Å². The van der Waals surface area contributed by atoms with Crippen molar-refractivity contribution in [2.75, 3.05) is 13.2 Å². The fraction of sp³-hybridized carbons (Fsp3) is 1.00. The Hall–Kier alpha value is -0.120. The summed E-state index contributed by atoms with van der Waals surface area (Å²) in [7, 11) is 0. The molecule has 16 heavy (non-hydrogen) atoms. The van der Waals surface area contributed by atoms with Crippen molar-refractivity contribution in [3.63, 3.8) is 0 Å². The molecule has 3 heteroatoms. The largest absolute Gasteiger partial charge is 0.347 e. The highest BCUT2D eigenvalue weighted by Gasteiger charge is 2.52. The molecule has 2 rings (SSSR count). The lowest BCUT2D eigenvalue weighted by atomic mass is 9.63. The van der Waals surface area contributed by atoms with E-state index in [1.165, 1.54) is 6.42 Å². The van der Waals surface area contributed by atoms with E-state index in [1.807, 2.05) is 0 Å². The van der Waals surface area contributed by atoms with Gasteiger partial charge in [-0.3, -0.25) is 0 Å². The Morgan fingerprint density at radius 3 is 2.06 bits per heavy atom. The molecule has 0 amide bonds. The van der Waals surface area contributed by atoms with Gasteiger partial charge in [0.1, 0.15) is 0 Å². The minimum absolute atomic E-state index is 0.0877. The van der Waals surface area contributed by atoms with Gasteiger partial charge < -0.3 is 15.2 Å². The number of rotatable bonds is 1. The maximum atomic E-state index is 6.06. The van der Waals surface area contributed by atoms with E-state index in [-0.39, 0.29) is 22.7 Å². The lowest BCUT2D eigenvalue weighted by Crippen LogP contribution is -2.47. The Balaban J connectivity index is 2.16. The molecule has 94 valence electrons. The van der Waals surface area contributed by atoms with Gasteiger partial charge in [0.05, 0.1) is 12.7 Å². The van der Waals surface area contributed by atoms with Crippen LogP contribution in [0.4, 0.5) is 0 Å². The average Bonchev–Trinajstić information content (AvgIpc) is 2.41. The fourth-order valence-electron chi connectivity index (χ4n) is 3.86. The van der Waals surface area contributed by atoms with Crippen LogP contribution in [0.2, 0.25) is 0 Å². The van der Waals surface area contributed by atoms with E-state index < -0.39 is 0 Å². The minimum Gasteiger partial charge on any atom is -0.347 e. The van der Waals surface area contributed by atoms with Crippen molar-refractivity contribution in [2.24, 2.45) is 16.6 Å². The van der Waals surface area contributed by atoms with Crippen LogP contribution in [0.1, 0.15) is 47.0 Å². The van der Waals surface area contributed by atoms with Gasteiger partial charge in [0.25, 0.3) is 0 Å². The quantitative estimate of drug-likeness (QED) is 0.747. The summed E-state index contributed by atoms with van der Waals surface area (Å²) in [6.07, 6.45) is 3.28. The summed E-state index contributed by atoms with van der Waals surface area (Å²) >= 11 is 0. The van der Waals surface area contributed by atoms with Crippen LogP contribution in [-0.2, 0) is 9.47 Å². The van der Waals surface area contributed by atoms with E-state index in [0.29, 0.717) is 13.2 Å². The summed E-state index contributed by atoms with van der Waals surface area (Å²) in [4.78, 5) is 0. The molecular weight excluding hydrogens is 202 g/mol. The number of ether oxygens (including phenoxy) is 2. The van der Waals surface area contributed by atoms with Gasteiger partial charge in [0, 0.05) is 19.4 Å². The lowest BCUT2D eigenvalue weighted by molar-refractivity contribution is -0.229. The van der Waals surface area contributed by atoms with Gasteiger partial charge in [-0.05, 0) is 17.3 Å². The van der Waals surface area contributed by atoms with Crippen LogP contribution < -0.4 is 5.73 Å². The molecular formula is C13H25NO2. The molecule has 0 radical (unpaired) electrons. The highest BCUT2D eigenvalue weighted by Crippen LogP contribution is 2.53. The van der Waals surface area contributed by atoms with Crippen LogP contribution in [0, 0.1) is 10.8 Å². The summed E-state index contributed by atoms with van der Waals surface area (Å²) in [5.41, 5.74) is 6.22. The first kappa shape index (κ1) is 12.3. The van der Waals surface area contributed by atoms with Crippen molar-refractivity contribution in [2.45, 2.75) is 58.8 Å². The Morgan fingerprint density at radius 2 is 1.62 bits per heavy atom. The van der Waals surface area contributed by atoms with Crippen molar-refractivity contribution in [1.29, 1.82) is 0 Å². The van der Waals surface area contributed by atoms with Gasteiger partial charge in [-0.2, -0.15) is 0 Å². The molecule has 2 aliphatic rings. The molecule has 0 aromatic rings. The third-order valence-corrected chi connectivity index (χ3v) is 3.63. The Kier molecular flexibility index (Phi) is 2.84. The number of hydrogen-bond donors (Lipinski definition) is 1. The molecule has 1 aliphatic carbocycles. The fourth-order valence-corrected chi connectivity index (χ4v) is 3.86. The summed E-state index contributed by atoms with van der Waals surface area (Å²) in [6.45, 7) is 10.4. The van der Waals surface area contributed by atoms with E-state index >= 15 is 0 Å². The topological polar surface area (TPSA) is 44.5 Å². The van der Waals surface area contributed by atoms with Gasteiger partial charge in [0.2, 0.25) is 0 Å². The zero-order valence-electron chi connectivity index (χ0n) is 11.0. The van der Waals surface area contributed by atoms with Crippen molar-refractivity contribution in [1.82, 2.24) is 0 Å². The summed E-state index contributed by atoms with van der Waals surface area (Å²) in [5, 5.41) is 0. The smallest absolute Gasteiger partial charge is 0.169 e. The third-order valence-electron chi connectivity index (χ3n) is 3.63. The molecule has 1 spiro atoms. The summed E-state index contributed by atoms with van der Waals surface area (Å²) < 4.78 is 12.0. The van der Waals surface area contributed by atoms with Gasteiger partial charge in [-0.1, -0.05) is 27.7 Å². The van der Waals surface area contributed by atoms with Crippen LogP contribution in [0.3, 0.4) is 0 Å². The molecule has 0 aromatic carbocycles. The van der Waals surface area contributed by atoms with Crippen LogP contribution >= 0.6 is 0 Å². The van der Waals surface area contributed by atoms with Crippen molar-refractivity contribution in [3.05, 3.63) is 0 Å². The second kappa shape index (κ2) is 3.69. The zero-order valence-corrected chi connectivity index (χ0v) is 11.0. The van der Waals surface area contributed by atoms with Crippen LogP contribution in [-0.4, -0.2) is 25.0 Å². The second-order valence-electron chi connectivity index (χ2n) is 7.06. The Bertz CT molecular complexity index is 257. The average molecular weight is 227 g/mol. The first-order chi connectivity index (χ1) is 7.26. The van der Waals surface area contributed by atoms with Gasteiger partial charge >= 0.3 is 0 Å². The standard InChI is InChI=1S/C13H25NO2/c1-11(2)7-12(3,4)9-13(8-11)15-6-10(5-14)16-13/h10H,5-9,14H2,1-4H3. The molecule has 1 unspecified atom stereocenters. The van der Waals surface area contributed by atoms with Crippen LogP contribution in [0.5, 0.6) is 0 Å². The SMILES string of the molecule is CC1(C)CC(C)(C)CC2(C1)OCC(CN)O2. The van der Waals surface area contributed by atoms with Gasteiger partial charge in [0.15, 0.2) is 5.79 Å². The van der Waals surface area contributed by atoms with E-state index in [9.17, 15) is 0 Å². The highest BCUT2D eigenvalue weighted by atomic mass is 16.7. The first-order valence-corrected chi connectivity index (χ1v) is 6.28. The zero-order chi connectivity index (χ0) is 12.0. The predicted molar refractivity (Wildman–Crippen MR) is 64.0 cm³/mol. The van der Waals surface area contributed by atoms with Crippen molar-refractivity contribution >= 4 is 0 Å². The normalized spacial score (nSPS) is 35.4. The Morgan fingerprint density at radius 1 is 1.06 bits per heavy atom. The maximum Gasteiger partial charge on any atom is 0.169 e. The van der Waals surface area contributed by atoms with Crippen molar-refractivity contribution < 1.29 is 9.47 Å². The molecule has 0 aromatic heterocycles. The molecule has 3 nitrogen and oxygen atoms in total. The minimum atomic E-state index is -0.366. The monoisotopic (exact) mass is 227 g/mol. The highest BCUT2D eigenvalue weighted by molar-refractivity contribution is 4.96. The molecule has 2 N–H and O–H groups in total. The van der Waals surface area contributed by atoms with Gasteiger partial charge in [-0.15, -0.1) is 0 Å². The summed E-state index contributed by atoms with van der Waals surface area (Å²) in [5.74, 6) is -0.366. The summed E-state index contributed by atoms with van der Waals surface area (Å²) in [6, 6.07) is 0. The maximum absolute atomic E-state index is 6.06. The van der Waals surface area contributed by atoms with Crippen molar-refractivity contribution in [3.8, 4) is 0 Å². The molecule has 1 saturated heterocycles. The number of hydrogen-bond acceptors (Lipinski definition) is 3.